The number of carbonyl (C=O) groups excluding carboxylic acids is 1. The Labute approximate surface area is 109 Å². The molecule has 1 heterocycles. The van der Waals surface area contributed by atoms with Crippen LogP contribution in [0.2, 0.25) is 5.02 Å². The van der Waals surface area contributed by atoms with Gasteiger partial charge in [-0.05, 0) is 28.6 Å². The second kappa shape index (κ2) is 3.69. The van der Waals surface area contributed by atoms with Gasteiger partial charge in [-0.25, -0.2) is 0 Å². The summed E-state index contributed by atoms with van der Waals surface area (Å²) >= 11 is 7.80. The topological polar surface area (TPSA) is 17.1 Å². The number of thiophene rings is 1. The predicted octanol–water partition coefficient (Wildman–Crippen LogP) is 4.29. The number of carbonyl (C=O) groups is 1. The van der Waals surface area contributed by atoms with Gasteiger partial charge in [0.15, 0.2) is 5.78 Å². The first-order valence-electron chi connectivity index (χ1n) is 5.49. The highest BCUT2D eigenvalue weighted by molar-refractivity contribution is 7.12. The van der Waals surface area contributed by atoms with E-state index in [2.05, 4.69) is 6.92 Å². The van der Waals surface area contributed by atoms with Gasteiger partial charge in [0.1, 0.15) is 0 Å². The van der Waals surface area contributed by atoms with E-state index >= 15 is 0 Å². The second-order valence-corrected chi connectivity index (χ2v) is 5.90. The molecule has 1 aliphatic rings. The average Bonchev–Trinajstić information content (AvgIpc) is 2.85. The molecule has 0 fully saturated rings. The maximum absolute atomic E-state index is 12.0. The summed E-state index contributed by atoms with van der Waals surface area (Å²) in [4.78, 5) is 12.9. The van der Waals surface area contributed by atoms with E-state index in [0.29, 0.717) is 6.42 Å². The molecule has 0 N–H and O–H groups in total. The van der Waals surface area contributed by atoms with Gasteiger partial charge in [-0.3, -0.25) is 4.79 Å². The van der Waals surface area contributed by atoms with E-state index in [-0.39, 0.29) is 11.2 Å². The molecule has 3 heteroatoms. The van der Waals surface area contributed by atoms with Crippen LogP contribution in [-0.2, 0) is 5.41 Å². The third-order valence-corrected chi connectivity index (χ3v) is 4.78. The molecule has 0 spiro atoms. The standard InChI is InChI=1S/C14H11ClOS/c1-14(9-4-2-3-5-11(9)15)8-12(16)13-10(14)6-7-17-13/h2-7H,8H2,1H3. The number of rotatable bonds is 1. The van der Waals surface area contributed by atoms with Crippen molar-refractivity contribution < 1.29 is 4.79 Å². The van der Waals surface area contributed by atoms with Crippen LogP contribution in [0.1, 0.15) is 34.1 Å². The van der Waals surface area contributed by atoms with Crippen LogP contribution in [0.25, 0.3) is 0 Å². The minimum atomic E-state index is -0.259. The molecule has 1 aromatic heterocycles. The fraction of sp³-hybridized carbons (Fsp3) is 0.214. The van der Waals surface area contributed by atoms with Gasteiger partial charge in [-0.15, -0.1) is 11.3 Å². The first kappa shape index (κ1) is 11.0. The number of fused-ring (bicyclic) bond motifs is 1. The highest BCUT2D eigenvalue weighted by Gasteiger charge is 2.42. The van der Waals surface area contributed by atoms with E-state index < -0.39 is 0 Å². The molecule has 0 aliphatic heterocycles. The van der Waals surface area contributed by atoms with E-state index in [1.165, 1.54) is 11.3 Å². The molecule has 1 aromatic carbocycles. The Kier molecular flexibility index (Phi) is 2.39. The molecule has 0 saturated heterocycles. The largest absolute Gasteiger partial charge is 0.293 e. The minimum Gasteiger partial charge on any atom is -0.293 e. The van der Waals surface area contributed by atoms with Gasteiger partial charge in [0.25, 0.3) is 0 Å². The molecule has 1 atom stereocenters. The van der Waals surface area contributed by atoms with Crippen molar-refractivity contribution in [2.45, 2.75) is 18.8 Å². The molecule has 0 amide bonds. The van der Waals surface area contributed by atoms with Crippen LogP contribution >= 0.6 is 22.9 Å². The van der Waals surface area contributed by atoms with Gasteiger partial charge in [0.05, 0.1) is 4.88 Å². The van der Waals surface area contributed by atoms with Crippen LogP contribution in [0.5, 0.6) is 0 Å². The van der Waals surface area contributed by atoms with Gasteiger partial charge >= 0.3 is 0 Å². The molecule has 1 unspecified atom stereocenters. The Morgan fingerprint density at radius 3 is 2.76 bits per heavy atom. The third kappa shape index (κ3) is 1.48. The SMILES string of the molecule is CC1(c2ccccc2Cl)CC(=O)c2sccc21. The van der Waals surface area contributed by atoms with Crippen LogP contribution in [0.15, 0.2) is 35.7 Å². The second-order valence-electron chi connectivity index (χ2n) is 4.58. The molecule has 0 radical (unpaired) electrons. The Morgan fingerprint density at radius 2 is 2.00 bits per heavy atom. The molecule has 0 bridgehead atoms. The van der Waals surface area contributed by atoms with Crippen LogP contribution in [0.3, 0.4) is 0 Å². The number of Topliss-reactive ketones (excluding diaryl/α,β-unsaturated/α-hetero) is 1. The monoisotopic (exact) mass is 262 g/mol. The summed E-state index contributed by atoms with van der Waals surface area (Å²) in [6.45, 7) is 2.10. The van der Waals surface area contributed by atoms with Crippen LogP contribution < -0.4 is 0 Å². The predicted molar refractivity (Wildman–Crippen MR) is 71.2 cm³/mol. The first-order valence-corrected chi connectivity index (χ1v) is 6.75. The van der Waals surface area contributed by atoms with Gasteiger partial charge in [-0.2, -0.15) is 0 Å². The van der Waals surface area contributed by atoms with E-state index in [0.717, 1.165) is 21.0 Å². The van der Waals surface area contributed by atoms with Crippen molar-refractivity contribution in [3.63, 3.8) is 0 Å². The highest BCUT2D eigenvalue weighted by Crippen LogP contribution is 2.47. The van der Waals surface area contributed by atoms with Crippen LogP contribution in [-0.4, -0.2) is 5.78 Å². The summed E-state index contributed by atoms with van der Waals surface area (Å²) in [7, 11) is 0. The number of hydrogen-bond acceptors (Lipinski definition) is 2. The molecule has 0 saturated carbocycles. The Morgan fingerprint density at radius 1 is 1.24 bits per heavy atom. The average molecular weight is 263 g/mol. The summed E-state index contributed by atoms with van der Waals surface area (Å²) in [6, 6.07) is 9.84. The lowest BCUT2D eigenvalue weighted by atomic mass is 9.78. The Hall–Kier alpha value is -1.12. The highest BCUT2D eigenvalue weighted by atomic mass is 35.5. The van der Waals surface area contributed by atoms with Crippen LogP contribution in [0, 0.1) is 0 Å². The maximum Gasteiger partial charge on any atom is 0.174 e. The van der Waals surface area contributed by atoms with E-state index in [1.54, 1.807) is 0 Å². The van der Waals surface area contributed by atoms with E-state index in [4.69, 9.17) is 11.6 Å². The molecule has 1 aliphatic carbocycles. The lowest BCUT2D eigenvalue weighted by Crippen LogP contribution is -2.20. The van der Waals surface area contributed by atoms with E-state index in [9.17, 15) is 4.79 Å². The molecule has 3 rings (SSSR count). The summed E-state index contributed by atoms with van der Waals surface area (Å²) in [5, 5.41) is 2.72. The summed E-state index contributed by atoms with van der Waals surface area (Å²) in [5.41, 5.74) is 1.91. The normalized spacial score (nSPS) is 22.8. The van der Waals surface area contributed by atoms with Crippen LogP contribution in [0.4, 0.5) is 0 Å². The van der Waals surface area contributed by atoms with Gasteiger partial charge in [0.2, 0.25) is 0 Å². The summed E-state index contributed by atoms with van der Waals surface area (Å²) < 4.78 is 0. The number of hydrogen-bond donors (Lipinski definition) is 0. The third-order valence-electron chi connectivity index (χ3n) is 3.50. The lowest BCUT2D eigenvalue weighted by molar-refractivity contribution is 0.0985. The lowest BCUT2D eigenvalue weighted by Gasteiger charge is -2.25. The van der Waals surface area contributed by atoms with Gasteiger partial charge in [0, 0.05) is 16.9 Å². The fourth-order valence-corrected chi connectivity index (χ4v) is 3.91. The number of ketones is 1. The van der Waals surface area contributed by atoms with Crippen molar-refractivity contribution in [3.8, 4) is 0 Å². The smallest absolute Gasteiger partial charge is 0.174 e. The van der Waals surface area contributed by atoms with E-state index in [1.807, 2.05) is 35.7 Å². The molecule has 2 aromatic rings. The first-order chi connectivity index (χ1) is 8.13. The van der Waals surface area contributed by atoms with Crippen molar-refractivity contribution in [3.05, 3.63) is 56.7 Å². The number of benzene rings is 1. The van der Waals surface area contributed by atoms with Crippen molar-refractivity contribution in [1.29, 1.82) is 0 Å². The fourth-order valence-electron chi connectivity index (χ4n) is 2.61. The summed E-state index contributed by atoms with van der Waals surface area (Å²) in [5.74, 6) is 0.234. The van der Waals surface area contributed by atoms with Gasteiger partial charge < -0.3 is 0 Å². The Bertz CT molecular complexity index is 602. The zero-order valence-electron chi connectivity index (χ0n) is 9.37. The molecule has 1 nitrogen and oxygen atoms in total. The van der Waals surface area contributed by atoms with Crippen molar-refractivity contribution in [2.24, 2.45) is 0 Å². The molecule has 86 valence electrons. The zero-order chi connectivity index (χ0) is 12.0. The molecular weight excluding hydrogens is 252 g/mol. The number of halogens is 1. The quantitative estimate of drug-likeness (QED) is 0.749. The van der Waals surface area contributed by atoms with Crippen molar-refractivity contribution in [1.82, 2.24) is 0 Å². The van der Waals surface area contributed by atoms with Crippen molar-refractivity contribution in [2.75, 3.05) is 0 Å². The van der Waals surface area contributed by atoms with Gasteiger partial charge in [-0.1, -0.05) is 36.7 Å². The Balaban J connectivity index is 2.23. The molecular formula is C14H11ClOS. The zero-order valence-corrected chi connectivity index (χ0v) is 10.9. The molecule has 17 heavy (non-hydrogen) atoms. The van der Waals surface area contributed by atoms with Crippen molar-refractivity contribution >= 4 is 28.7 Å². The summed E-state index contributed by atoms with van der Waals surface area (Å²) in [6.07, 6.45) is 0.527. The minimum absolute atomic E-state index is 0.234. The maximum atomic E-state index is 12.0.